The van der Waals surface area contributed by atoms with Crippen molar-refractivity contribution in [2.45, 2.75) is 21.9 Å². The molecule has 1 N–H and O–H groups in total. The lowest BCUT2D eigenvalue weighted by atomic mass is 9.81. The molecular formula is C8H7Br2NO3. The third-order valence-electron chi connectivity index (χ3n) is 3.19. The Morgan fingerprint density at radius 3 is 1.86 bits per heavy atom. The first-order valence-corrected chi connectivity index (χ1v) is 6.22. The van der Waals surface area contributed by atoms with Crippen LogP contribution < -0.4 is 5.32 Å². The van der Waals surface area contributed by atoms with Gasteiger partial charge in [0.2, 0.25) is 11.8 Å². The number of carbonyl (C=O) groups excluding carboxylic acids is 2. The number of nitrogens with one attached hydrogen (secondary N) is 1. The van der Waals surface area contributed by atoms with Gasteiger partial charge in [-0.25, -0.2) is 0 Å². The van der Waals surface area contributed by atoms with E-state index >= 15 is 0 Å². The minimum absolute atomic E-state index is 0.116. The Morgan fingerprint density at radius 2 is 1.43 bits per heavy atom. The second-order valence-corrected chi connectivity index (χ2v) is 5.97. The third-order valence-corrected chi connectivity index (χ3v) is 6.08. The molecule has 3 rings (SSSR count). The molecule has 0 saturated carbocycles. The Morgan fingerprint density at radius 1 is 1.00 bits per heavy atom. The molecule has 3 heterocycles. The highest BCUT2D eigenvalue weighted by Gasteiger charge is 2.65. The SMILES string of the molecule is O=C1NC(=O)C2C3OC(C(Br)C3Br)C12. The summed E-state index contributed by atoms with van der Waals surface area (Å²) in [6.45, 7) is 0. The summed E-state index contributed by atoms with van der Waals surface area (Å²) in [7, 11) is 0. The standard InChI is InChI=1S/C8H7Br2NO3/c9-3-4(10)6-2-1(5(3)14-6)7(12)11-8(2)13/h1-6H,(H,11,12,13). The molecule has 6 atom stereocenters. The fourth-order valence-corrected chi connectivity index (χ4v) is 4.09. The number of hydrogen-bond acceptors (Lipinski definition) is 3. The van der Waals surface area contributed by atoms with Crippen LogP contribution in [0.3, 0.4) is 0 Å². The fraction of sp³-hybridized carbons (Fsp3) is 0.750. The summed E-state index contributed by atoms with van der Waals surface area (Å²) in [5, 5.41) is 2.36. The van der Waals surface area contributed by atoms with Crippen LogP contribution in [-0.2, 0) is 14.3 Å². The molecule has 3 saturated heterocycles. The average Bonchev–Trinajstić information content (AvgIpc) is 2.71. The van der Waals surface area contributed by atoms with Crippen LogP contribution >= 0.6 is 31.9 Å². The Bertz CT molecular complexity index is 305. The van der Waals surface area contributed by atoms with Crippen LogP contribution in [0.25, 0.3) is 0 Å². The number of amides is 2. The average molecular weight is 325 g/mol. The topological polar surface area (TPSA) is 55.4 Å². The second-order valence-electron chi connectivity index (χ2n) is 3.86. The Labute approximate surface area is 97.0 Å². The predicted octanol–water partition coefficient (Wildman–Crippen LogP) is 0.183. The van der Waals surface area contributed by atoms with Crippen molar-refractivity contribution < 1.29 is 14.3 Å². The fourth-order valence-electron chi connectivity index (χ4n) is 2.58. The molecule has 0 aromatic carbocycles. The van der Waals surface area contributed by atoms with Crippen molar-refractivity contribution >= 4 is 43.7 Å². The summed E-state index contributed by atoms with van der Waals surface area (Å²) >= 11 is 6.96. The van der Waals surface area contributed by atoms with Gasteiger partial charge in [0.25, 0.3) is 0 Å². The summed E-state index contributed by atoms with van der Waals surface area (Å²) < 4.78 is 5.63. The molecule has 76 valence electrons. The van der Waals surface area contributed by atoms with Crippen LogP contribution in [0.5, 0.6) is 0 Å². The van der Waals surface area contributed by atoms with Crippen LogP contribution in [0.1, 0.15) is 0 Å². The first-order valence-electron chi connectivity index (χ1n) is 4.39. The van der Waals surface area contributed by atoms with E-state index in [2.05, 4.69) is 37.2 Å². The van der Waals surface area contributed by atoms with Crippen molar-refractivity contribution in [1.29, 1.82) is 0 Å². The van der Waals surface area contributed by atoms with Crippen LogP contribution in [0.2, 0.25) is 0 Å². The quantitative estimate of drug-likeness (QED) is 0.511. The van der Waals surface area contributed by atoms with Gasteiger partial charge < -0.3 is 4.74 Å². The van der Waals surface area contributed by atoms with Crippen molar-refractivity contribution in [2.24, 2.45) is 11.8 Å². The summed E-state index contributed by atoms with van der Waals surface area (Å²) in [5.74, 6) is -0.941. The number of alkyl halides is 2. The van der Waals surface area contributed by atoms with E-state index in [0.717, 1.165) is 0 Å². The monoisotopic (exact) mass is 323 g/mol. The molecule has 0 radical (unpaired) electrons. The van der Waals surface area contributed by atoms with Crippen LogP contribution in [0.4, 0.5) is 0 Å². The molecule has 0 aliphatic carbocycles. The van der Waals surface area contributed by atoms with E-state index in [9.17, 15) is 9.59 Å². The predicted molar refractivity (Wildman–Crippen MR) is 54.2 cm³/mol. The first-order chi connectivity index (χ1) is 6.61. The van der Waals surface area contributed by atoms with Crippen LogP contribution in [-0.4, -0.2) is 33.7 Å². The maximum absolute atomic E-state index is 11.5. The number of hydrogen-bond donors (Lipinski definition) is 1. The van der Waals surface area contributed by atoms with Gasteiger partial charge in [0.15, 0.2) is 0 Å². The summed E-state index contributed by atoms with van der Waals surface area (Å²) in [6.07, 6.45) is -0.332. The lowest BCUT2D eigenvalue weighted by Gasteiger charge is -2.24. The molecule has 2 amide bonds. The van der Waals surface area contributed by atoms with Gasteiger partial charge in [-0.2, -0.15) is 0 Å². The Hall–Kier alpha value is 0.0600. The van der Waals surface area contributed by atoms with Crippen LogP contribution in [0.15, 0.2) is 0 Å². The Balaban J connectivity index is 2.01. The van der Waals surface area contributed by atoms with Crippen molar-refractivity contribution in [3.8, 4) is 0 Å². The molecule has 4 nitrogen and oxygen atoms in total. The van der Waals surface area contributed by atoms with E-state index in [-0.39, 0.29) is 45.5 Å². The maximum atomic E-state index is 11.5. The van der Waals surface area contributed by atoms with Crippen molar-refractivity contribution in [2.75, 3.05) is 0 Å². The lowest BCUT2D eigenvalue weighted by molar-refractivity contribution is -0.128. The molecule has 0 aromatic heterocycles. The normalized spacial score (nSPS) is 55.0. The van der Waals surface area contributed by atoms with E-state index in [0.29, 0.717) is 0 Å². The molecule has 0 spiro atoms. The van der Waals surface area contributed by atoms with Gasteiger partial charge in [0.05, 0.1) is 33.7 Å². The van der Waals surface area contributed by atoms with Gasteiger partial charge in [-0.1, -0.05) is 31.9 Å². The summed E-state index contributed by atoms with van der Waals surface area (Å²) in [5.41, 5.74) is 0. The van der Waals surface area contributed by atoms with Gasteiger partial charge in [-0.05, 0) is 0 Å². The van der Waals surface area contributed by atoms with Crippen molar-refractivity contribution in [3.05, 3.63) is 0 Å². The molecule has 14 heavy (non-hydrogen) atoms. The number of rotatable bonds is 0. The van der Waals surface area contributed by atoms with Crippen LogP contribution in [0, 0.1) is 11.8 Å². The number of halogens is 2. The zero-order chi connectivity index (χ0) is 10.0. The van der Waals surface area contributed by atoms with E-state index in [1.807, 2.05) is 0 Å². The highest BCUT2D eigenvalue weighted by molar-refractivity contribution is 9.12. The van der Waals surface area contributed by atoms with E-state index in [1.165, 1.54) is 0 Å². The van der Waals surface area contributed by atoms with Gasteiger partial charge in [-0.15, -0.1) is 0 Å². The number of imide groups is 1. The lowest BCUT2D eigenvalue weighted by Crippen LogP contribution is -2.42. The zero-order valence-corrected chi connectivity index (χ0v) is 10.1. The summed E-state index contributed by atoms with van der Waals surface area (Å²) in [4.78, 5) is 23.2. The second kappa shape index (κ2) is 2.80. The van der Waals surface area contributed by atoms with E-state index in [1.54, 1.807) is 0 Å². The molecule has 0 aromatic rings. The Kier molecular flexibility index (Phi) is 1.86. The molecule has 2 bridgehead atoms. The van der Waals surface area contributed by atoms with Gasteiger partial charge in [0.1, 0.15) is 0 Å². The van der Waals surface area contributed by atoms with E-state index < -0.39 is 0 Å². The molecule has 6 unspecified atom stereocenters. The van der Waals surface area contributed by atoms with Gasteiger partial charge in [-0.3, -0.25) is 14.9 Å². The van der Waals surface area contributed by atoms with Crippen molar-refractivity contribution in [1.82, 2.24) is 5.32 Å². The molecule has 6 heteroatoms. The highest BCUT2D eigenvalue weighted by Crippen LogP contribution is 2.51. The van der Waals surface area contributed by atoms with E-state index in [4.69, 9.17) is 4.74 Å². The highest BCUT2D eigenvalue weighted by atomic mass is 79.9. The maximum Gasteiger partial charge on any atom is 0.233 e. The zero-order valence-electron chi connectivity index (χ0n) is 6.94. The molecule has 3 aliphatic heterocycles. The molecule has 3 fully saturated rings. The third kappa shape index (κ3) is 0.919. The molecular weight excluding hydrogens is 318 g/mol. The minimum Gasteiger partial charge on any atom is -0.371 e. The molecule has 3 aliphatic rings. The number of fused-ring (bicyclic) bond motifs is 5. The summed E-state index contributed by atoms with van der Waals surface area (Å²) in [6, 6.07) is 0. The first kappa shape index (κ1) is 9.30. The minimum atomic E-state index is -0.286. The number of carbonyl (C=O) groups is 2. The largest absolute Gasteiger partial charge is 0.371 e. The van der Waals surface area contributed by atoms with Crippen molar-refractivity contribution in [3.63, 3.8) is 0 Å². The van der Waals surface area contributed by atoms with Gasteiger partial charge >= 0.3 is 0 Å². The van der Waals surface area contributed by atoms with Gasteiger partial charge in [0, 0.05) is 0 Å². The smallest absolute Gasteiger partial charge is 0.233 e. The number of ether oxygens (including phenoxy) is 1.